The molecule has 4 unspecified atom stereocenters. The first-order chi connectivity index (χ1) is 10.8. The molecular formula is C18H33NO4. The predicted octanol–water partition coefficient (Wildman–Crippen LogP) is 3.34. The number of carbonyl (C=O) groups excluding carboxylic acids is 1. The van der Waals surface area contributed by atoms with Gasteiger partial charge in [0.2, 0.25) is 0 Å². The monoisotopic (exact) mass is 327 g/mol. The van der Waals surface area contributed by atoms with Gasteiger partial charge in [0, 0.05) is 5.92 Å². The number of hydrogen-bond donors (Lipinski definition) is 1. The van der Waals surface area contributed by atoms with Crippen molar-refractivity contribution in [1.82, 2.24) is 4.90 Å². The van der Waals surface area contributed by atoms with E-state index in [1.54, 1.807) is 0 Å². The fourth-order valence-electron chi connectivity index (χ4n) is 3.75. The first-order valence-electron chi connectivity index (χ1n) is 9.06. The number of morpholine rings is 1. The first kappa shape index (κ1) is 18.5. The first-order valence-corrected chi connectivity index (χ1v) is 9.06. The Morgan fingerprint density at radius 2 is 1.78 bits per heavy atom. The Kier molecular flexibility index (Phi) is 6.32. The van der Waals surface area contributed by atoms with Crippen molar-refractivity contribution in [2.75, 3.05) is 13.2 Å². The van der Waals surface area contributed by atoms with Crippen LogP contribution in [0.4, 0.5) is 4.79 Å². The Hall–Kier alpha value is -0.810. The van der Waals surface area contributed by atoms with Gasteiger partial charge in [-0.25, -0.2) is 4.79 Å². The molecule has 2 aliphatic rings. The van der Waals surface area contributed by atoms with Crippen molar-refractivity contribution in [1.29, 1.82) is 0 Å². The zero-order valence-electron chi connectivity index (χ0n) is 15.1. The predicted molar refractivity (Wildman–Crippen MR) is 89.3 cm³/mol. The molecule has 5 nitrogen and oxygen atoms in total. The van der Waals surface area contributed by atoms with Gasteiger partial charge in [0.15, 0.2) is 0 Å². The molecule has 0 aromatic rings. The Morgan fingerprint density at radius 3 is 2.43 bits per heavy atom. The molecule has 1 saturated carbocycles. The van der Waals surface area contributed by atoms with Crippen LogP contribution in [0.15, 0.2) is 0 Å². The average Bonchev–Trinajstić information content (AvgIpc) is 2.41. The lowest BCUT2D eigenvalue weighted by atomic mass is 9.82. The second-order valence-corrected chi connectivity index (χ2v) is 8.06. The van der Waals surface area contributed by atoms with Crippen LogP contribution in [-0.4, -0.2) is 53.1 Å². The second-order valence-electron chi connectivity index (χ2n) is 8.06. The van der Waals surface area contributed by atoms with E-state index in [0.717, 1.165) is 25.7 Å². The summed E-state index contributed by atoms with van der Waals surface area (Å²) in [5.74, 6) is 0.0746. The van der Waals surface area contributed by atoms with E-state index < -0.39 is 5.60 Å². The molecule has 0 aromatic heterocycles. The van der Waals surface area contributed by atoms with Crippen LogP contribution in [-0.2, 0) is 9.47 Å². The molecule has 1 aliphatic heterocycles. The van der Waals surface area contributed by atoms with Crippen LogP contribution in [0, 0.1) is 5.92 Å². The molecule has 0 radical (unpaired) electrons. The van der Waals surface area contributed by atoms with Crippen molar-refractivity contribution in [3.8, 4) is 0 Å². The van der Waals surface area contributed by atoms with Gasteiger partial charge in [-0.1, -0.05) is 25.7 Å². The summed E-state index contributed by atoms with van der Waals surface area (Å²) in [6.45, 7) is 8.66. The van der Waals surface area contributed by atoms with Crippen LogP contribution in [0.5, 0.6) is 0 Å². The molecule has 0 spiro atoms. The highest BCUT2D eigenvalue weighted by atomic mass is 16.6. The lowest BCUT2D eigenvalue weighted by Crippen LogP contribution is -2.59. The van der Waals surface area contributed by atoms with Crippen LogP contribution in [0.1, 0.15) is 66.2 Å². The second kappa shape index (κ2) is 7.84. The molecule has 0 bridgehead atoms. The third kappa shape index (κ3) is 5.08. The standard InChI is InChI=1S/C18H33NO4/c1-13-11-22-12-15(19(13)17(21)23-18(2,3)4)14-9-7-5-6-8-10-16(14)20/h13-16,20H,5-12H2,1-4H3. The maximum absolute atomic E-state index is 12.7. The molecule has 2 rings (SSSR count). The zero-order valence-corrected chi connectivity index (χ0v) is 15.1. The summed E-state index contributed by atoms with van der Waals surface area (Å²) in [6.07, 6.45) is 5.68. The third-order valence-electron chi connectivity index (χ3n) is 4.86. The van der Waals surface area contributed by atoms with E-state index in [9.17, 15) is 9.90 Å². The summed E-state index contributed by atoms with van der Waals surface area (Å²) >= 11 is 0. The summed E-state index contributed by atoms with van der Waals surface area (Å²) in [6, 6.07) is -0.122. The number of amides is 1. The number of nitrogens with zero attached hydrogens (tertiary/aromatic N) is 1. The molecule has 1 N–H and O–H groups in total. The van der Waals surface area contributed by atoms with Crippen LogP contribution in [0.3, 0.4) is 0 Å². The van der Waals surface area contributed by atoms with E-state index in [2.05, 4.69) is 0 Å². The van der Waals surface area contributed by atoms with E-state index in [4.69, 9.17) is 9.47 Å². The number of hydrogen-bond acceptors (Lipinski definition) is 4. The highest BCUT2D eigenvalue weighted by molar-refractivity contribution is 5.69. The summed E-state index contributed by atoms with van der Waals surface area (Å²) in [7, 11) is 0. The Bertz CT molecular complexity index is 393. The quantitative estimate of drug-likeness (QED) is 0.802. The molecule has 1 saturated heterocycles. The van der Waals surface area contributed by atoms with Gasteiger partial charge in [-0.15, -0.1) is 0 Å². The van der Waals surface area contributed by atoms with E-state index in [1.807, 2.05) is 32.6 Å². The molecule has 4 atom stereocenters. The molecule has 23 heavy (non-hydrogen) atoms. The van der Waals surface area contributed by atoms with E-state index in [0.29, 0.717) is 13.2 Å². The van der Waals surface area contributed by atoms with Gasteiger partial charge in [-0.2, -0.15) is 0 Å². The van der Waals surface area contributed by atoms with Crippen molar-refractivity contribution in [2.45, 2.75) is 90.0 Å². The van der Waals surface area contributed by atoms with Crippen molar-refractivity contribution < 1.29 is 19.4 Å². The van der Waals surface area contributed by atoms with Gasteiger partial charge < -0.3 is 14.6 Å². The fraction of sp³-hybridized carbons (Fsp3) is 0.944. The minimum atomic E-state index is -0.515. The molecule has 5 heteroatoms. The van der Waals surface area contributed by atoms with Gasteiger partial charge in [0.1, 0.15) is 5.60 Å². The maximum Gasteiger partial charge on any atom is 0.410 e. The Labute approximate surface area is 140 Å². The lowest BCUT2D eigenvalue weighted by Gasteiger charge is -2.45. The molecular weight excluding hydrogens is 294 g/mol. The fourth-order valence-corrected chi connectivity index (χ4v) is 3.75. The minimum absolute atomic E-state index is 0.0266. The third-order valence-corrected chi connectivity index (χ3v) is 4.86. The van der Waals surface area contributed by atoms with Crippen LogP contribution in [0.25, 0.3) is 0 Å². The highest BCUT2D eigenvalue weighted by Crippen LogP contribution is 2.31. The highest BCUT2D eigenvalue weighted by Gasteiger charge is 2.41. The van der Waals surface area contributed by atoms with Gasteiger partial charge in [-0.05, 0) is 40.5 Å². The Balaban J connectivity index is 2.16. The van der Waals surface area contributed by atoms with Gasteiger partial charge in [0.25, 0.3) is 0 Å². The smallest absolute Gasteiger partial charge is 0.410 e. The lowest BCUT2D eigenvalue weighted by molar-refractivity contribution is -0.0903. The van der Waals surface area contributed by atoms with Crippen molar-refractivity contribution in [2.24, 2.45) is 5.92 Å². The molecule has 2 fully saturated rings. The van der Waals surface area contributed by atoms with Crippen LogP contribution >= 0.6 is 0 Å². The van der Waals surface area contributed by atoms with Crippen LogP contribution < -0.4 is 0 Å². The number of aliphatic hydroxyl groups excluding tert-OH is 1. The average molecular weight is 327 g/mol. The molecule has 1 heterocycles. The topological polar surface area (TPSA) is 59.0 Å². The molecule has 1 aliphatic carbocycles. The number of aliphatic hydroxyl groups is 1. The normalized spacial score (nSPS) is 33.7. The van der Waals surface area contributed by atoms with E-state index in [1.165, 1.54) is 12.8 Å². The minimum Gasteiger partial charge on any atom is -0.444 e. The summed E-state index contributed by atoms with van der Waals surface area (Å²) in [4.78, 5) is 14.5. The molecule has 0 aromatic carbocycles. The maximum atomic E-state index is 12.7. The van der Waals surface area contributed by atoms with Crippen molar-refractivity contribution >= 4 is 6.09 Å². The van der Waals surface area contributed by atoms with Crippen molar-refractivity contribution in [3.05, 3.63) is 0 Å². The molecule has 1 amide bonds. The van der Waals surface area contributed by atoms with Gasteiger partial charge in [0.05, 0.1) is 31.4 Å². The largest absolute Gasteiger partial charge is 0.444 e. The number of carbonyl (C=O) groups is 1. The van der Waals surface area contributed by atoms with E-state index in [-0.39, 0.29) is 30.2 Å². The van der Waals surface area contributed by atoms with Gasteiger partial charge >= 0.3 is 6.09 Å². The van der Waals surface area contributed by atoms with E-state index >= 15 is 0 Å². The Morgan fingerprint density at radius 1 is 1.13 bits per heavy atom. The SMILES string of the molecule is CC1COCC(C2CCCCCCC2O)N1C(=O)OC(C)(C)C. The summed E-state index contributed by atoms with van der Waals surface area (Å²) in [5, 5.41) is 10.6. The van der Waals surface area contributed by atoms with Crippen molar-refractivity contribution in [3.63, 3.8) is 0 Å². The van der Waals surface area contributed by atoms with Crippen LogP contribution in [0.2, 0.25) is 0 Å². The summed E-state index contributed by atoms with van der Waals surface area (Å²) < 4.78 is 11.3. The summed E-state index contributed by atoms with van der Waals surface area (Å²) in [5.41, 5.74) is -0.515. The number of ether oxygens (including phenoxy) is 2. The number of rotatable bonds is 1. The zero-order chi connectivity index (χ0) is 17.0. The molecule has 134 valence electrons. The van der Waals surface area contributed by atoms with Gasteiger partial charge in [-0.3, -0.25) is 4.90 Å².